The highest BCUT2D eigenvalue weighted by molar-refractivity contribution is 7.89. The van der Waals surface area contributed by atoms with Crippen molar-refractivity contribution in [2.75, 3.05) is 0 Å². The number of nitrogens with one attached hydrogen (secondary N) is 1. The number of hydrogen-bond acceptors (Lipinski definition) is 4. The van der Waals surface area contributed by atoms with Crippen LogP contribution in [0.2, 0.25) is 0 Å². The molecule has 5 nitrogen and oxygen atoms in total. The molecule has 0 saturated heterocycles. The van der Waals surface area contributed by atoms with Crippen molar-refractivity contribution in [3.05, 3.63) is 29.3 Å². The van der Waals surface area contributed by atoms with Crippen LogP contribution in [-0.2, 0) is 14.9 Å². The van der Waals surface area contributed by atoms with Crippen LogP contribution in [0.15, 0.2) is 23.1 Å². The summed E-state index contributed by atoms with van der Waals surface area (Å²) in [6.45, 7) is 1.69. The highest BCUT2D eigenvalue weighted by atomic mass is 32.2. The molecule has 0 aliphatic heterocycles. The van der Waals surface area contributed by atoms with Crippen LogP contribution in [0.3, 0.4) is 0 Å². The SMILES string of the molecule is Cc1ccc(C#N)cc1S(=O)(=O)NOC1CCCC1. The first-order chi connectivity index (χ1) is 9.03. The second-order valence-corrected chi connectivity index (χ2v) is 6.32. The molecular weight excluding hydrogens is 264 g/mol. The summed E-state index contributed by atoms with van der Waals surface area (Å²) in [6, 6.07) is 6.49. The van der Waals surface area contributed by atoms with Gasteiger partial charge in [0, 0.05) is 0 Å². The molecule has 0 heterocycles. The molecule has 102 valence electrons. The summed E-state index contributed by atoms with van der Waals surface area (Å²) in [4.78, 5) is 7.49. The van der Waals surface area contributed by atoms with E-state index in [1.165, 1.54) is 6.07 Å². The van der Waals surface area contributed by atoms with Crippen molar-refractivity contribution >= 4 is 10.0 Å². The fraction of sp³-hybridized carbons (Fsp3) is 0.462. The van der Waals surface area contributed by atoms with E-state index in [0.717, 1.165) is 25.7 Å². The third kappa shape index (κ3) is 3.32. The van der Waals surface area contributed by atoms with Crippen LogP contribution in [0.1, 0.15) is 36.8 Å². The molecule has 0 bridgehead atoms. The van der Waals surface area contributed by atoms with Crippen molar-refractivity contribution in [2.45, 2.75) is 43.6 Å². The molecule has 0 radical (unpaired) electrons. The van der Waals surface area contributed by atoms with Crippen LogP contribution in [0, 0.1) is 18.3 Å². The zero-order valence-corrected chi connectivity index (χ0v) is 11.5. The van der Waals surface area contributed by atoms with Crippen molar-refractivity contribution in [1.29, 1.82) is 5.26 Å². The first-order valence-corrected chi connectivity index (χ1v) is 7.69. The summed E-state index contributed by atoms with van der Waals surface area (Å²) in [7, 11) is -3.73. The van der Waals surface area contributed by atoms with Crippen LogP contribution in [-0.4, -0.2) is 14.5 Å². The second-order valence-electron chi connectivity index (χ2n) is 4.70. The number of rotatable bonds is 4. The normalized spacial score (nSPS) is 16.4. The Morgan fingerprint density at radius 3 is 2.68 bits per heavy atom. The van der Waals surface area contributed by atoms with Gasteiger partial charge in [-0.1, -0.05) is 23.8 Å². The third-order valence-electron chi connectivity index (χ3n) is 3.23. The Balaban J connectivity index is 2.16. The van der Waals surface area contributed by atoms with E-state index in [-0.39, 0.29) is 11.0 Å². The van der Waals surface area contributed by atoms with Gasteiger partial charge >= 0.3 is 0 Å². The fourth-order valence-electron chi connectivity index (χ4n) is 2.14. The zero-order chi connectivity index (χ0) is 13.9. The number of nitriles is 1. The Morgan fingerprint density at radius 2 is 2.05 bits per heavy atom. The monoisotopic (exact) mass is 280 g/mol. The van der Waals surface area contributed by atoms with E-state index < -0.39 is 10.0 Å². The largest absolute Gasteiger partial charge is 0.284 e. The average molecular weight is 280 g/mol. The number of sulfonamides is 1. The molecule has 1 aromatic rings. The molecule has 0 amide bonds. The van der Waals surface area contributed by atoms with E-state index in [0.29, 0.717) is 11.1 Å². The first kappa shape index (κ1) is 14.0. The summed E-state index contributed by atoms with van der Waals surface area (Å²) >= 11 is 0. The van der Waals surface area contributed by atoms with Crippen LogP contribution in [0.4, 0.5) is 0 Å². The van der Waals surface area contributed by atoms with E-state index in [9.17, 15) is 8.42 Å². The van der Waals surface area contributed by atoms with Gasteiger partial charge in [0.15, 0.2) is 0 Å². The quantitative estimate of drug-likeness (QED) is 0.856. The van der Waals surface area contributed by atoms with Gasteiger partial charge in [-0.3, -0.25) is 4.84 Å². The van der Waals surface area contributed by atoms with Crippen molar-refractivity contribution < 1.29 is 13.3 Å². The van der Waals surface area contributed by atoms with E-state index in [1.54, 1.807) is 19.1 Å². The first-order valence-electron chi connectivity index (χ1n) is 6.21. The van der Waals surface area contributed by atoms with Gasteiger partial charge in [0.05, 0.1) is 22.6 Å². The Morgan fingerprint density at radius 1 is 1.37 bits per heavy atom. The van der Waals surface area contributed by atoms with E-state index in [4.69, 9.17) is 10.1 Å². The van der Waals surface area contributed by atoms with Gasteiger partial charge in [0.25, 0.3) is 10.0 Å². The second kappa shape index (κ2) is 5.70. The number of aryl methyl sites for hydroxylation is 1. The summed E-state index contributed by atoms with van der Waals surface area (Å²) in [5.74, 6) is 0. The minimum absolute atomic E-state index is 0.0470. The van der Waals surface area contributed by atoms with Crippen molar-refractivity contribution in [3.8, 4) is 6.07 Å². The summed E-state index contributed by atoms with van der Waals surface area (Å²) in [5.41, 5.74) is 0.897. The Labute approximate surface area is 113 Å². The topological polar surface area (TPSA) is 79.2 Å². The van der Waals surface area contributed by atoms with E-state index in [1.807, 2.05) is 6.07 Å². The lowest BCUT2D eigenvalue weighted by molar-refractivity contribution is 0.0223. The molecule has 0 unspecified atom stereocenters. The van der Waals surface area contributed by atoms with Gasteiger partial charge in [-0.15, -0.1) is 0 Å². The highest BCUT2D eigenvalue weighted by Gasteiger charge is 2.22. The van der Waals surface area contributed by atoms with Gasteiger partial charge in [0.1, 0.15) is 0 Å². The molecule has 0 atom stereocenters. The number of nitrogens with zero attached hydrogens (tertiary/aromatic N) is 1. The number of benzene rings is 1. The molecule has 6 heteroatoms. The molecule has 1 aliphatic carbocycles. The van der Waals surface area contributed by atoms with Gasteiger partial charge in [0.2, 0.25) is 0 Å². The molecule has 1 fully saturated rings. The predicted octanol–water partition coefficient (Wildman–Crippen LogP) is 2.02. The Hall–Kier alpha value is -1.42. The molecule has 0 spiro atoms. The van der Waals surface area contributed by atoms with E-state index >= 15 is 0 Å². The van der Waals surface area contributed by atoms with Gasteiger partial charge < -0.3 is 0 Å². The molecule has 2 rings (SSSR count). The molecule has 1 aliphatic rings. The minimum atomic E-state index is -3.73. The number of hydrogen-bond donors (Lipinski definition) is 1. The standard InChI is InChI=1S/C13H16N2O3S/c1-10-6-7-11(9-14)8-13(10)19(16,17)15-18-12-4-2-3-5-12/h6-8,12,15H,2-5H2,1H3. The molecular formula is C13H16N2O3S. The molecule has 0 aromatic heterocycles. The van der Waals surface area contributed by atoms with Crippen LogP contribution in [0.25, 0.3) is 0 Å². The third-order valence-corrected chi connectivity index (χ3v) is 4.57. The predicted molar refractivity (Wildman–Crippen MR) is 69.6 cm³/mol. The highest BCUT2D eigenvalue weighted by Crippen LogP contribution is 2.21. The van der Waals surface area contributed by atoms with Gasteiger partial charge in [-0.2, -0.15) is 5.26 Å². The van der Waals surface area contributed by atoms with Crippen LogP contribution >= 0.6 is 0 Å². The average Bonchev–Trinajstić information content (AvgIpc) is 2.90. The summed E-state index contributed by atoms with van der Waals surface area (Å²) < 4.78 is 24.3. The van der Waals surface area contributed by atoms with Crippen molar-refractivity contribution in [1.82, 2.24) is 4.89 Å². The molecule has 1 saturated carbocycles. The summed E-state index contributed by atoms with van der Waals surface area (Å²) in [5, 5.41) is 8.82. The minimum Gasteiger partial charge on any atom is -0.284 e. The molecule has 19 heavy (non-hydrogen) atoms. The van der Waals surface area contributed by atoms with Gasteiger partial charge in [-0.25, -0.2) is 8.42 Å². The Kier molecular flexibility index (Phi) is 4.20. The van der Waals surface area contributed by atoms with Crippen molar-refractivity contribution in [3.63, 3.8) is 0 Å². The Bertz CT molecular complexity index is 599. The van der Waals surface area contributed by atoms with Crippen LogP contribution in [0.5, 0.6) is 0 Å². The fourth-order valence-corrected chi connectivity index (χ4v) is 3.27. The molecule has 1 aromatic carbocycles. The maximum Gasteiger partial charge on any atom is 0.262 e. The lowest BCUT2D eigenvalue weighted by atomic mass is 10.2. The smallest absolute Gasteiger partial charge is 0.262 e. The summed E-state index contributed by atoms with van der Waals surface area (Å²) in [6.07, 6.45) is 3.83. The maximum absolute atomic E-state index is 12.1. The van der Waals surface area contributed by atoms with Crippen molar-refractivity contribution in [2.24, 2.45) is 0 Å². The zero-order valence-electron chi connectivity index (χ0n) is 10.7. The maximum atomic E-state index is 12.1. The van der Waals surface area contributed by atoms with Gasteiger partial charge in [-0.05, 0) is 37.5 Å². The lowest BCUT2D eigenvalue weighted by Crippen LogP contribution is -2.29. The van der Waals surface area contributed by atoms with E-state index in [2.05, 4.69) is 4.89 Å². The lowest BCUT2D eigenvalue weighted by Gasteiger charge is -2.13. The van der Waals surface area contributed by atoms with Crippen LogP contribution < -0.4 is 4.89 Å². The molecule has 1 N–H and O–H groups in total.